The Morgan fingerprint density at radius 1 is 1.31 bits per heavy atom. The Morgan fingerprint density at radius 2 is 2.04 bits per heavy atom. The van der Waals surface area contributed by atoms with Gasteiger partial charge in [0.25, 0.3) is 0 Å². The van der Waals surface area contributed by atoms with E-state index >= 15 is 0 Å². The van der Waals surface area contributed by atoms with Gasteiger partial charge in [0.15, 0.2) is 5.96 Å². The molecule has 0 spiro atoms. The van der Waals surface area contributed by atoms with Gasteiger partial charge in [-0.2, -0.15) is 0 Å². The summed E-state index contributed by atoms with van der Waals surface area (Å²) in [5, 5.41) is 1.32. The second kappa shape index (κ2) is 9.78. The van der Waals surface area contributed by atoms with Crippen molar-refractivity contribution in [1.29, 1.82) is 0 Å². The predicted octanol–water partition coefficient (Wildman–Crippen LogP) is 3.70. The third-order valence-corrected chi connectivity index (χ3v) is 5.61. The van der Waals surface area contributed by atoms with E-state index < -0.39 is 0 Å². The van der Waals surface area contributed by atoms with E-state index in [9.17, 15) is 0 Å². The molecule has 0 aliphatic carbocycles. The molecule has 5 nitrogen and oxygen atoms in total. The molecule has 1 aromatic carbocycles. The van der Waals surface area contributed by atoms with Crippen LogP contribution in [0.3, 0.4) is 0 Å². The van der Waals surface area contributed by atoms with Crippen LogP contribution in [0.25, 0.3) is 0 Å². The third-order valence-electron chi connectivity index (χ3n) is 5.06. The number of hydrogen-bond acceptors (Lipinski definition) is 3. The number of benzene rings is 1. The second-order valence-electron chi connectivity index (χ2n) is 6.82. The molecule has 2 aliphatic rings. The Morgan fingerprint density at radius 3 is 2.69 bits per heavy atom. The highest BCUT2D eigenvalue weighted by atomic mass is 127. The maximum Gasteiger partial charge on any atom is 0.191 e. The van der Waals surface area contributed by atoms with Crippen LogP contribution < -0.4 is 5.73 Å². The first-order valence-corrected chi connectivity index (χ1v) is 9.45. The van der Waals surface area contributed by atoms with Gasteiger partial charge >= 0.3 is 0 Å². The van der Waals surface area contributed by atoms with E-state index in [-0.39, 0.29) is 35.5 Å². The topological polar surface area (TPSA) is 60.1 Å². The molecule has 1 unspecified atom stereocenters. The molecule has 8 heteroatoms. The summed E-state index contributed by atoms with van der Waals surface area (Å²) in [4.78, 5) is 6.82. The fourth-order valence-electron chi connectivity index (χ4n) is 3.55. The van der Waals surface area contributed by atoms with Gasteiger partial charge in [0.05, 0.1) is 19.3 Å². The molecule has 2 fully saturated rings. The van der Waals surface area contributed by atoms with Gasteiger partial charge in [-0.1, -0.05) is 29.3 Å². The number of nitrogens with zero attached hydrogens (tertiary/aromatic N) is 2. The van der Waals surface area contributed by atoms with E-state index in [0.29, 0.717) is 42.4 Å². The van der Waals surface area contributed by atoms with Gasteiger partial charge in [-0.15, -0.1) is 24.0 Å². The monoisotopic (exact) mass is 513 g/mol. The van der Waals surface area contributed by atoms with Crippen molar-refractivity contribution in [2.45, 2.75) is 31.3 Å². The Kier molecular flexibility index (Phi) is 8.28. The normalized spacial score (nSPS) is 23.4. The van der Waals surface area contributed by atoms with Crippen LogP contribution in [0.4, 0.5) is 0 Å². The summed E-state index contributed by atoms with van der Waals surface area (Å²) in [6.45, 7) is 6.26. The van der Waals surface area contributed by atoms with Gasteiger partial charge in [-0.05, 0) is 37.5 Å². The highest BCUT2D eigenvalue weighted by Crippen LogP contribution is 2.40. The quantitative estimate of drug-likeness (QED) is 0.380. The van der Waals surface area contributed by atoms with Crippen LogP contribution >= 0.6 is 47.2 Å². The van der Waals surface area contributed by atoms with Crippen molar-refractivity contribution < 1.29 is 9.47 Å². The molecule has 1 aromatic rings. The number of guanidine groups is 1. The summed E-state index contributed by atoms with van der Waals surface area (Å²) in [5.41, 5.74) is 7.18. The largest absolute Gasteiger partial charge is 0.381 e. The summed E-state index contributed by atoms with van der Waals surface area (Å²) in [6.07, 6.45) is 1.90. The number of rotatable bonds is 3. The number of aliphatic imine (C=N–C) groups is 1. The second-order valence-corrected chi connectivity index (χ2v) is 7.66. The van der Waals surface area contributed by atoms with Crippen molar-refractivity contribution in [2.24, 2.45) is 10.7 Å². The minimum Gasteiger partial charge on any atom is -0.381 e. The van der Waals surface area contributed by atoms with Crippen LogP contribution in [-0.2, 0) is 14.9 Å². The average molecular weight is 514 g/mol. The van der Waals surface area contributed by atoms with E-state index in [4.69, 9.17) is 43.4 Å². The maximum atomic E-state index is 6.50. The molecule has 0 amide bonds. The Balaban J connectivity index is 0.00000243. The van der Waals surface area contributed by atoms with Crippen molar-refractivity contribution in [1.82, 2.24) is 4.90 Å². The standard InChI is InChI=1S/C18H25Cl2N3O2.HI/c1-13-11-23(6-9-25-13)17(21)22-12-18(4-7-24-8-5-18)15-3-2-14(19)10-16(15)20;/h2-3,10,13H,4-9,11-12H2,1H3,(H2,21,22);1H. The number of ether oxygens (including phenoxy) is 2. The van der Waals surface area contributed by atoms with E-state index in [2.05, 4.69) is 4.90 Å². The lowest BCUT2D eigenvalue weighted by atomic mass is 9.74. The minimum absolute atomic E-state index is 0. The van der Waals surface area contributed by atoms with Gasteiger partial charge in [0.2, 0.25) is 0 Å². The number of morpholine rings is 1. The van der Waals surface area contributed by atoms with Crippen LogP contribution in [0, 0.1) is 0 Å². The van der Waals surface area contributed by atoms with Crippen molar-refractivity contribution in [2.75, 3.05) is 39.5 Å². The highest BCUT2D eigenvalue weighted by molar-refractivity contribution is 14.0. The van der Waals surface area contributed by atoms with Gasteiger partial charge in [0, 0.05) is 41.8 Å². The van der Waals surface area contributed by atoms with Crippen molar-refractivity contribution >= 4 is 53.1 Å². The SMILES string of the molecule is CC1CN(C(N)=NCC2(c3ccc(Cl)cc3Cl)CCOCC2)CCO1.I. The molecule has 0 radical (unpaired) electrons. The first kappa shape index (κ1) is 22.0. The summed E-state index contributed by atoms with van der Waals surface area (Å²) < 4.78 is 11.1. The lowest BCUT2D eigenvalue weighted by molar-refractivity contribution is 0.00515. The van der Waals surface area contributed by atoms with Gasteiger partial charge in [-0.3, -0.25) is 4.99 Å². The number of halogens is 3. The zero-order chi connectivity index (χ0) is 17.9. The third kappa shape index (κ3) is 5.16. The molecule has 0 saturated carbocycles. The van der Waals surface area contributed by atoms with Crippen LogP contribution in [0.2, 0.25) is 10.0 Å². The zero-order valence-corrected chi connectivity index (χ0v) is 18.8. The Labute approximate surface area is 182 Å². The number of nitrogens with two attached hydrogens (primary N) is 1. The molecule has 146 valence electrons. The molecule has 2 saturated heterocycles. The Bertz CT molecular complexity index is 639. The van der Waals surface area contributed by atoms with E-state index in [1.165, 1.54) is 0 Å². The molecule has 2 aliphatic heterocycles. The van der Waals surface area contributed by atoms with E-state index in [1.54, 1.807) is 6.07 Å². The van der Waals surface area contributed by atoms with Gasteiger partial charge in [0.1, 0.15) is 0 Å². The summed E-state index contributed by atoms with van der Waals surface area (Å²) >= 11 is 12.6. The van der Waals surface area contributed by atoms with Crippen LogP contribution in [0.5, 0.6) is 0 Å². The maximum absolute atomic E-state index is 6.50. The van der Waals surface area contributed by atoms with Crippen LogP contribution in [0.1, 0.15) is 25.3 Å². The fraction of sp³-hybridized carbons (Fsp3) is 0.611. The molecule has 0 aromatic heterocycles. The predicted molar refractivity (Wildman–Crippen MR) is 117 cm³/mol. The zero-order valence-electron chi connectivity index (χ0n) is 14.9. The lowest BCUT2D eigenvalue weighted by Crippen LogP contribution is -2.48. The summed E-state index contributed by atoms with van der Waals surface area (Å²) in [5.74, 6) is 0.575. The van der Waals surface area contributed by atoms with Gasteiger partial charge < -0.3 is 20.1 Å². The first-order chi connectivity index (χ1) is 12.0. The van der Waals surface area contributed by atoms with Crippen molar-refractivity contribution in [3.63, 3.8) is 0 Å². The highest BCUT2D eigenvalue weighted by Gasteiger charge is 2.36. The lowest BCUT2D eigenvalue weighted by Gasteiger charge is -2.38. The Hall–Kier alpha value is -0.280. The first-order valence-electron chi connectivity index (χ1n) is 8.70. The molecular formula is C18H26Cl2IN3O2. The molecule has 1 atom stereocenters. The average Bonchev–Trinajstić information content (AvgIpc) is 2.60. The molecule has 0 bridgehead atoms. The van der Waals surface area contributed by atoms with Gasteiger partial charge in [-0.25, -0.2) is 0 Å². The van der Waals surface area contributed by atoms with E-state index in [0.717, 1.165) is 31.5 Å². The van der Waals surface area contributed by atoms with Crippen molar-refractivity contribution in [3.8, 4) is 0 Å². The van der Waals surface area contributed by atoms with Crippen LogP contribution in [-0.4, -0.2) is 56.4 Å². The van der Waals surface area contributed by atoms with Crippen molar-refractivity contribution in [3.05, 3.63) is 33.8 Å². The molecular weight excluding hydrogens is 488 g/mol. The summed E-state index contributed by atoms with van der Waals surface area (Å²) in [6, 6.07) is 5.70. The van der Waals surface area contributed by atoms with E-state index in [1.807, 2.05) is 19.1 Å². The number of hydrogen-bond donors (Lipinski definition) is 1. The molecule has 26 heavy (non-hydrogen) atoms. The molecule has 2 heterocycles. The molecule has 2 N–H and O–H groups in total. The molecule has 3 rings (SSSR count). The smallest absolute Gasteiger partial charge is 0.191 e. The van der Waals surface area contributed by atoms with Crippen LogP contribution in [0.15, 0.2) is 23.2 Å². The summed E-state index contributed by atoms with van der Waals surface area (Å²) in [7, 11) is 0. The minimum atomic E-state index is -0.164. The fourth-order valence-corrected chi connectivity index (χ4v) is 4.16.